The lowest BCUT2D eigenvalue weighted by atomic mass is 10.2. The maximum absolute atomic E-state index is 11.7. The number of rotatable bonds is 4. The summed E-state index contributed by atoms with van der Waals surface area (Å²) in [6, 6.07) is 3.01. The molecule has 1 amide bonds. The van der Waals surface area contributed by atoms with Crippen LogP contribution in [0.1, 0.15) is 40.0 Å². The van der Waals surface area contributed by atoms with Gasteiger partial charge in [0.1, 0.15) is 0 Å². The molecule has 1 aliphatic rings. The highest BCUT2D eigenvalue weighted by atomic mass is 32.2. The third-order valence-corrected chi connectivity index (χ3v) is 5.79. The van der Waals surface area contributed by atoms with Gasteiger partial charge in [0.15, 0.2) is 15.6 Å². The zero-order chi connectivity index (χ0) is 17.3. The van der Waals surface area contributed by atoms with Crippen LogP contribution in [0.5, 0.6) is 0 Å². The van der Waals surface area contributed by atoms with Gasteiger partial charge in [-0.3, -0.25) is 9.48 Å². The molecule has 0 saturated carbocycles. The summed E-state index contributed by atoms with van der Waals surface area (Å²) in [7, 11) is -2.98. The van der Waals surface area contributed by atoms with Gasteiger partial charge in [0.05, 0.1) is 35.7 Å². The fourth-order valence-electron chi connectivity index (χ4n) is 2.80. The van der Waals surface area contributed by atoms with Crippen molar-refractivity contribution >= 4 is 22.0 Å². The maximum atomic E-state index is 11.7. The Morgan fingerprint density at radius 3 is 2.92 bits per heavy atom. The first-order valence-corrected chi connectivity index (χ1v) is 9.32. The fraction of sp³-hybridized carbons (Fsp3) is 0.400. The maximum Gasteiger partial charge on any atom is 0.307 e. The van der Waals surface area contributed by atoms with Crippen LogP contribution in [0, 0.1) is 13.8 Å². The molecule has 0 aromatic carbocycles. The van der Waals surface area contributed by atoms with Gasteiger partial charge in [-0.05, 0) is 32.4 Å². The monoisotopic (exact) mass is 350 g/mol. The molecule has 1 N–H and O–H groups in total. The minimum Gasteiger partial charge on any atom is -0.459 e. The number of hydrogen-bond acceptors (Lipinski definition) is 6. The number of hydrazone groups is 1. The van der Waals surface area contributed by atoms with Gasteiger partial charge in [0.25, 0.3) is 0 Å². The van der Waals surface area contributed by atoms with Crippen LogP contribution >= 0.6 is 0 Å². The minimum atomic E-state index is -2.98. The van der Waals surface area contributed by atoms with E-state index in [1.165, 1.54) is 12.5 Å². The SMILES string of the molecule is Cc1nn([C@H]2CCS(=O)(=O)C2)c(C)c1/C=N\NC(=O)c1ccco1. The second kappa shape index (κ2) is 6.23. The van der Waals surface area contributed by atoms with E-state index >= 15 is 0 Å². The molecule has 2 aromatic heterocycles. The molecule has 0 radical (unpaired) electrons. The largest absolute Gasteiger partial charge is 0.459 e. The first-order valence-electron chi connectivity index (χ1n) is 7.50. The van der Waals surface area contributed by atoms with E-state index in [9.17, 15) is 13.2 Å². The highest BCUT2D eigenvalue weighted by molar-refractivity contribution is 7.91. The fourth-order valence-corrected chi connectivity index (χ4v) is 4.50. The van der Waals surface area contributed by atoms with Crippen LogP contribution in [-0.4, -0.2) is 41.8 Å². The Hall–Kier alpha value is -2.42. The zero-order valence-electron chi connectivity index (χ0n) is 13.4. The van der Waals surface area contributed by atoms with Crippen LogP contribution in [0.4, 0.5) is 0 Å². The van der Waals surface area contributed by atoms with Gasteiger partial charge >= 0.3 is 5.91 Å². The number of aryl methyl sites for hydroxylation is 1. The molecule has 3 rings (SSSR count). The molecule has 0 aliphatic carbocycles. The van der Waals surface area contributed by atoms with Crippen molar-refractivity contribution in [2.24, 2.45) is 5.10 Å². The Balaban J connectivity index is 1.75. The standard InChI is InChI=1S/C15H18N4O4S/c1-10-13(8-16-17-15(20)14-4-3-6-23-14)11(2)19(18-10)12-5-7-24(21,22)9-12/h3-4,6,8,12H,5,7,9H2,1-2H3,(H,17,20)/b16-8-/t12-/m0/s1. The summed E-state index contributed by atoms with van der Waals surface area (Å²) in [6.45, 7) is 3.68. The van der Waals surface area contributed by atoms with Crippen molar-refractivity contribution in [1.29, 1.82) is 0 Å². The third-order valence-electron chi connectivity index (χ3n) is 4.04. The lowest BCUT2D eigenvalue weighted by Gasteiger charge is -2.10. The number of carbonyl (C=O) groups excluding carboxylic acids is 1. The molecule has 2 aromatic rings. The number of amides is 1. The second-order valence-corrected chi connectivity index (χ2v) is 7.99. The Morgan fingerprint density at radius 2 is 2.29 bits per heavy atom. The highest BCUT2D eigenvalue weighted by Crippen LogP contribution is 2.26. The van der Waals surface area contributed by atoms with Crippen molar-refractivity contribution in [3.05, 3.63) is 41.1 Å². The molecule has 128 valence electrons. The van der Waals surface area contributed by atoms with Crippen molar-refractivity contribution < 1.29 is 17.6 Å². The third kappa shape index (κ3) is 3.25. The molecule has 1 atom stereocenters. The van der Waals surface area contributed by atoms with E-state index in [2.05, 4.69) is 15.6 Å². The summed E-state index contributed by atoms with van der Waals surface area (Å²) in [4.78, 5) is 11.7. The quantitative estimate of drug-likeness (QED) is 0.659. The summed E-state index contributed by atoms with van der Waals surface area (Å²) in [5.41, 5.74) is 4.70. The average molecular weight is 350 g/mol. The van der Waals surface area contributed by atoms with Crippen molar-refractivity contribution in [2.75, 3.05) is 11.5 Å². The first kappa shape index (κ1) is 16.4. The molecule has 1 saturated heterocycles. The van der Waals surface area contributed by atoms with Gasteiger partial charge in [-0.15, -0.1) is 0 Å². The Kier molecular flexibility index (Phi) is 4.27. The lowest BCUT2D eigenvalue weighted by molar-refractivity contribution is 0.0927. The predicted octanol–water partition coefficient (Wildman–Crippen LogP) is 1.22. The van der Waals surface area contributed by atoms with Crippen molar-refractivity contribution in [3.8, 4) is 0 Å². The first-order chi connectivity index (χ1) is 11.4. The summed E-state index contributed by atoms with van der Waals surface area (Å²) in [5, 5.41) is 8.37. The van der Waals surface area contributed by atoms with Gasteiger partial charge < -0.3 is 4.42 Å². The number of carbonyl (C=O) groups is 1. The summed E-state index contributed by atoms with van der Waals surface area (Å²) >= 11 is 0. The van der Waals surface area contributed by atoms with Gasteiger partial charge in [-0.2, -0.15) is 10.2 Å². The normalized spacial score (nSPS) is 19.8. The van der Waals surface area contributed by atoms with Gasteiger partial charge in [-0.25, -0.2) is 13.8 Å². The molecular weight excluding hydrogens is 332 g/mol. The van der Waals surface area contributed by atoms with Crippen LogP contribution < -0.4 is 5.43 Å². The number of furan rings is 1. The molecule has 0 bridgehead atoms. The van der Waals surface area contributed by atoms with E-state index in [-0.39, 0.29) is 23.3 Å². The van der Waals surface area contributed by atoms with E-state index in [0.29, 0.717) is 6.42 Å². The molecule has 3 heterocycles. The topological polar surface area (TPSA) is 107 Å². The molecule has 9 heteroatoms. The Bertz CT molecular complexity index is 881. The summed E-state index contributed by atoms with van der Waals surface area (Å²) in [6.07, 6.45) is 3.49. The van der Waals surface area contributed by atoms with E-state index < -0.39 is 15.7 Å². The summed E-state index contributed by atoms with van der Waals surface area (Å²) < 4.78 is 30.0. The van der Waals surface area contributed by atoms with Gasteiger partial charge in [0.2, 0.25) is 0 Å². The predicted molar refractivity (Wildman–Crippen MR) is 87.8 cm³/mol. The van der Waals surface area contributed by atoms with Gasteiger partial charge in [-0.1, -0.05) is 0 Å². The molecule has 0 unspecified atom stereocenters. The Morgan fingerprint density at radius 1 is 1.50 bits per heavy atom. The van der Waals surface area contributed by atoms with E-state index in [4.69, 9.17) is 4.42 Å². The number of nitrogens with zero attached hydrogens (tertiary/aromatic N) is 3. The molecule has 8 nitrogen and oxygen atoms in total. The number of sulfone groups is 1. The van der Waals surface area contributed by atoms with Gasteiger partial charge in [0, 0.05) is 11.3 Å². The zero-order valence-corrected chi connectivity index (χ0v) is 14.2. The number of aromatic nitrogens is 2. The molecular formula is C15H18N4O4S. The number of hydrogen-bond donors (Lipinski definition) is 1. The highest BCUT2D eigenvalue weighted by Gasteiger charge is 2.31. The van der Waals surface area contributed by atoms with E-state index in [1.807, 2.05) is 13.8 Å². The Labute approximate surface area is 139 Å². The van der Waals surface area contributed by atoms with Crippen molar-refractivity contribution in [2.45, 2.75) is 26.3 Å². The van der Waals surface area contributed by atoms with Crippen LogP contribution in [-0.2, 0) is 9.84 Å². The van der Waals surface area contributed by atoms with E-state index in [1.54, 1.807) is 16.8 Å². The molecule has 0 spiro atoms. The van der Waals surface area contributed by atoms with E-state index in [0.717, 1.165) is 17.0 Å². The van der Waals surface area contributed by atoms with Crippen LogP contribution in [0.3, 0.4) is 0 Å². The van der Waals surface area contributed by atoms with Crippen molar-refractivity contribution in [1.82, 2.24) is 15.2 Å². The molecule has 24 heavy (non-hydrogen) atoms. The van der Waals surface area contributed by atoms with Crippen LogP contribution in [0.2, 0.25) is 0 Å². The van der Waals surface area contributed by atoms with Crippen molar-refractivity contribution in [3.63, 3.8) is 0 Å². The minimum absolute atomic E-state index is 0.112. The van der Waals surface area contributed by atoms with Crippen LogP contribution in [0.15, 0.2) is 27.9 Å². The smallest absolute Gasteiger partial charge is 0.307 e. The number of nitrogens with one attached hydrogen (secondary N) is 1. The van der Waals surface area contributed by atoms with Crippen LogP contribution in [0.25, 0.3) is 0 Å². The molecule has 1 fully saturated rings. The lowest BCUT2D eigenvalue weighted by Crippen LogP contribution is -2.17. The summed E-state index contributed by atoms with van der Waals surface area (Å²) in [5.74, 6) is 0.0349. The average Bonchev–Trinajstić information content (AvgIpc) is 3.22. The molecule has 1 aliphatic heterocycles. The second-order valence-electron chi connectivity index (χ2n) is 5.76.